The van der Waals surface area contributed by atoms with Crippen LogP contribution in [0.2, 0.25) is 0 Å². The number of rotatable bonds is 1. The number of nitrogens with one attached hydrogen (secondary N) is 1. The second-order valence-corrected chi connectivity index (χ2v) is 6.65. The van der Waals surface area contributed by atoms with Gasteiger partial charge < -0.3 is 10.2 Å². The average molecular weight is 244 g/mol. The summed E-state index contributed by atoms with van der Waals surface area (Å²) in [5, 5.41) is 3.70. The number of fused-ring (bicyclic) bond motifs is 1. The molecular formula is C16H24N2. The van der Waals surface area contributed by atoms with Crippen molar-refractivity contribution in [3.05, 3.63) is 29.8 Å². The van der Waals surface area contributed by atoms with Gasteiger partial charge in [-0.05, 0) is 36.8 Å². The van der Waals surface area contributed by atoms with Crippen LogP contribution in [-0.4, -0.2) is 25.7 Å². The van der Waals surface area contributed by atoms with E-state index in [0.29, 0.717) is 5.41 Å². The summed E-state index contributed by atoms with van der Waals surface area (Å²) in [6, 6.07) is 9.72. The molecule has 0 bridgehead atoms. The Labute approximate surface area is 110 Å². The lowest BCUT2D eigenvalue weighted by Crippen LogP contribution is -2.47. The van der Waals surface area contributed by atoms with Gasteiger partial charge in [0.2, 0.25) is 0 Å². The van der Waals surface area contributed by atoms with Crippen molar-refractivity contribution >= 4 is 5.69 Å². The van der Waals surface area contributed by atoms with Crippen LogP contribution in [0.25, 0.3) is 0 Å². The van der Waals surface area contributed by atoms with E-state index in [2.05, 4.69) is 55.3 Å². The zero-order valence-corrected chi connectivity index (χ0v) is 11.7. The Morgan fingerprint density at radius 2 is 1.94 bits per heavy atom. The maximum atomic E-state index is 3.70. The number of nitrogens with zero attached hydrogens (tertiary/aromatic N) is 1. The molecule has 0 radical (unpaired) electrons. The molecule has 1 N–H and O–H groups in total. The van der Waals surface area contributed by atoms with Gasteiger partial charge in [-0.3, -0.25) is 0 Å². The molecule has 2 saturated heterocycles. The van der Waals surface area contributed by atoms with Gasteiger partial charge in [0.1, 0.15) is 0 Å². The van der Waals surface area contributed by atoms with E-state index in [4.69, 9.17) is 0 Å². The standard InChI is InChI=1S/C16H24N2/c1-12-4-6-13(7-5-12)18-9-8-15-14(10-18)16(2,3)11-17-15/h4-7,14-15,17H,8-11H2,1-3H3. The van der Waals surface area contributed by atoms with Crippen molar-refractivity contribution in [2.75, 3.05) is 24.5 Å². The van der Waals surface area contributed by atoms with Crippen LogP contribution in [0.1, 0.15) is 25.8 Å². The second-order valence-electron chi connectivity index (χ2n) is 6.65. The summed E-state index contributed by atoms with van der Waals surface area (Å²) in [6.07, 6.45) is 1.28. The highest BCUT2D eigenvalue weighted by Gasteiger charge is 2.44. The van der Waals surface area contributed by atoms with E-state index in [1.807, 2.05) is 0 Å². The third-order valence-electron chi connectivity index (χ3n) is 4.84. The molecule has 2 unspecified atom stereocenters. The number of hydrogen-bond donors (Lipinski definition) is 1. The van der Waals surface area contributed by atoms with Crippen LogP contribution < -0.4 is 10.2 Å². The molecule has 2 aliphatic rings. The number of piperidine rings is 1. The first kappa shape index (κ1) is 12.0. The first-order chi connectivity index (χ1) is 8.56. The lowest BCUT2D eigenvalue weighted by molar-refractivity contribution is 0.237. The van der Waals surface area contributed by atoms with Crippen molar-refractivity contribution in [2.24, 2.45) is 11.3 Å². The number of benzene rings is 1. The molecule has 0 aromatic heterocycles. The summed E-state index contributed by atoms with van der Waals surface area (Å²) in [7, 11) is 0. The number of hydrogen-bond acceptors (Lipinski definition) is 2. The largest absolute Gasteiger partial charge is 0.371 e. The molecule has 2 heterocycles. The highest BCUT2D eigenvalue weighted by molar-refractivity contribution is 5.48. The number of anilines is 1. The monoisotopic (exact) mass is 244 g/mol. The number of aryl methyl sites for hydroxylation is 1. The van der Waals surface area contributed by atoms with E-state index >= 15 is 0 Å². The van der Waals surface area contributed by atoms with Crippen LogP contribution in [0.15, 0.2) is 24.3 Å². The Morgan fingerprint density at radius 1 is 1.22 bits per heavy atom. The van der Waals surface area contributed by atoms with Crippen LogP contribution >= 0.6 is 0 Å². The summed E-state index contributed by atoms with van der Waals surface area (Å²) in [6.45, 7) is 10.5. The fourth-order valence-corrected chi connectivity index (χ4v) is 3.50. The Morgan fingerprint density at radius 3 is 2.67 bits per heavy atom. The van der Waals surface area contributed by atoms with Crippen LogP contribution in [0.5, 0.6) is 0 Å². The Balaban J connectivity index is 1.78. The average Bonchev–Trinajstić information content (AvgIpc) is 2.66. The van der Waals surface area contributed by atoms with E-state index in [1.165, 1.54) is 37.3 Å². The van der Waals surface area contributed by atoms with Crippen molar-refractivity contribution in [3.63, 3.8) is 0 Å². The fourth-order valence-electron chi connectivity index (χ4n) is 3.50. The van der Waals surface area contributed by atoms with Crippen molar-refractivity contribution in [3.8, 4) is 0 Å². The smallest absolute Gasteiger partial charge is 0.0366 e. The minimum absolute atomic E-state index is 0.439. The van der Waals surface area contributed by atoms with Crippen molar-refractivity contribution in [1.29, 1.82) is 0 Å². The normalized spacial score (nSPS) is 30.3. The fraction of sp³-hybridized carbons (Fsp3) is 0.625. The van der Waals surface area contributed by atoms with E-state index in [-0.39, 0.29) is 0 Å². The highest BCUT2D eigenvalue weighted by Crippen LogP contribution is 2.39. The summed E-state index contributed by atoms with van der Waals surface area (Å²) in [4.78, 5) is 2.56. The molecule has 2 nitrogen and oxygen atoms in total. The van der Waals surface area contributed by atoms with Gasteiger partial charge in [0.05, 0.1) is 0 Å². The lowest BCUT2D eigenvalue weighted by Gasteiger charge is -2.40. The van der Waals surface area contributed by atoms with Gasteiger partial charge >= 0.3 is 0 Å². The SMILES string of the molecule is Cc1ccc(N2CCC3NCC(C)(C)C3C2)cc1. The van der Waals surface area contributed by atoms with E-state index in [9.17, 15) is 0 Å². The minimum atomic E-state index is 0.439. The van der Waals surface area contributed by atoms with Gasteiger partial charge in [0, 0.05) is 31.4 Å². The first-order valence-electron chi connectivity index (χ1n) is 7.11. The zero-order valence-electron chi connectivity index (χ0n) is 11.7. The first-order valence-corrected chi connectivity index (χ1v) is 7.11. The van der Waals surface area contributed by atoms with E-state index < -0.39 is 0 Å². The molecule has 0 spiro atoms. The molecule has 3 rings (SSSR count). The van der Waals surface area contributed by atoms with E-state index in [0.717, 1.165) is 12.0 Å². The van der Waals surface area contributed by atoms with Crippen molar-refractivity contribution < 1.29 is 0 Å². The zero-order chi connectivity index (χ0) is 12.8. The minimum Gasteiger partial charge on any atom is -0.371 e. The predicted molar refractivity (Wildman–Crippen MR) is 77.1 cm³/mol. The summed E-state index contributed by atoms with van der Waals surface area (Å²) in [5.74, 6) is 0.785. The topological polar surface area (TPSA) is 15.3 Å². The van der Waals surface area contributed by atoms with Crippen LogP contribution in [0.3, 0.4) is 0 Å². The molecule has 2 heteroatoms. The molecule has 0 amide bonds. The second kappa shape index (κ2) is 4.27. The highest BCUT2D eigenvalue weighted by atomic mass is 15.2. The maximum Gasteiger partial charge on any atom is 0.0366 e. The molecule has 2 atom stereocenters. The van der Waals surface area contributed by atoms with Crippen LogP contribution in [-0.2, 0) is 0 Å². The van der Waals surface area contributed by atoms with Crippen molar-refractivity contribution in [1.82, 2.24) is 5.32 Å². The Kier molecular flexibility index (Phi) is 2.86. The van der Waals surface area contributed by atoms with Crippen LogP contribution in [0.4, 0.5) is 5.69 Å². The molecule has 2 fully saturated rings. The van der Waals surface area contributed by atoms with Gasteiger partial charge in [-0.1, -0.05) is 31.5 Å². The third-order valence-corrected chi connectivity index (χ3v) is 4.84. The molecule has 0 aliphatic carbocycles. The van der Waals surface area contributed by atoms with Gasteiger partial charge in [0.15, 0.2) is 0 Å². The van der Waals surface area contributed by atoms with Gasteiger partial charge in [-0.25, -0.2) is 0 Å². The third kappa shape index (κ3) is 2.03. The Bertz CT molecular complexity index is 421. The van der Waals surface area contributed by atoms with Crippen molar-refractivity contribution in [2.45, 2.75) is 33.2 Å². The molecule has 0 saturated carbocycles. The predicted octanol–water partition coefficient (Wildman–Crippen LogP) is 2.82. The summed E-state index contributed by atoms with van der Waals surface area (Å²) < 4.78 is 0. The molecule has 2 aliphatic heterocycles. The molecular weight excluding hydrogens is 220 g/mol. The van der Waals surface area contributed by atoms with Gasteiger partial charge in [-0.15, -0.1) is 0 Å². The quantitative estimate of drug-likeness (QED) is 0.817. The molecule has 98 valence electrons. The molecule has 18 heavy (non-hydrogen) atoms. The molecule has 1 aromatic rings. The molecule has 1 aromatic carbocycles. The van der Waals surface area contributed by atoms with E-state index in [1.54, 1.807) is 0 Å². The van der Waals surface area contributed by atoms with Crippen LogP contribution in [0, 0.1) is 18.3 Å². The summed E-state index contributed by atoms with van der Waals surface area (Å²) >= 11 is 0. The summed E-state index contributed by atoms with van der Waals surface area (Å²) in [5.41, 5.74) is 3.17. The Hall–Kier alpha value is -1.02. The van der Waals surface area contributed by atoms with Gasteiger partial charge in [-0.2, -0.15) is 0 Å². The lowest BCUT2D eigenvalue weighted by atomic mass is 9.76. The van der Waals surface area contributed by atoms with Gasteiger partial charge in [0.25, 0.3) is 0 Å². The maximum absolute atomic E-state index is 3.70.